The fourth-order valence-electron chi connectivity index (χ4n) is 3.17. The van der Waals surface area contributed by atoms with Gasteiger partial charge in [0.1, 0.15) is 14.7 Å². The zero-order valence-corrected chi connectivity index (χ0v) is 20.4. The molecular formula is C20H8Br4O5+. The quantitative estimate of drug-likeness (QED) is 0.180. The van der Waals surface area contributed by atoms with Crippen LogP contribution in [0.5, 0.6) is 5.75 Å². The van der Waals surface area contributed by atoms with Crippen molar-refractivity contribution < 1.29 is 19.4 Å². The SMILES string of the molecule is O=C(O)c1ccccc1-c1c2cc(Br)c(=[O+])c(Br)c-2oc2c(Br)c(O)c(Br)cc12. The second-order valence-corrected chi connectivity index (χ2v) is 9.40. The lowest BCUT2D eigenvalue weighted by molar-refractivity contribution is 0.0697. The van der Waals surface area contributed by atoms with Crippen molar-refractivity contribution in [2.24, 2.45) is 0 Å². The Balaban J connectivity index is 2.34. The van der Waals surface area contributed by atoms with E-state index >= 15 is 0 Å². The highest BCUT2D eigenvalue weighted by Gasteiger charge is 2.30. The van der Waals surface area contributed by atoms with Crippen LogP contribution in [0.2, 0.25) is 0 Å². The number of carboxylic acid groups (broad SMARTS) is 1. The highest BCUT2D eigenvalue weighted by Crippen LogP contribution is 2.49. The Morgan fingerprint density at radius 2 is 1.66 bits per heavy atom. The van der Waals surface area contributed by atoms with Gasteiger partial charge < -0.3 is 14.6 Å². The Morgan fingerprint density at radius 3 is 2.34 bits per heavy atom. The third-order valence-electron chi connectivity index (χ3n) is 4.45. The van der Waals surface area contributed by atoms with Gasteiger partial charge in [0.25, 0.3) is 0 Å². The summed E-state index contributed by atoms with van der Waals surface area (Å²) in [6.07, 6.45) is 0. The summed E-state index contributed by atoms with van der Waals surface area (Å²) in [5, 5.41) is 20.6. The van der Waals surface area contributed by atoms with Gasteiger partial charge in [-0.2, -0.15) is 0 Å². The van der Waals surface area contributed by atoms with E-state index in [9.17, 15) is 19.8 Å². The monoisotopic (exact) mass is 644 g/mol. The summed E-state index contributed by atoms with van der Waals surface area (Å²) < 4.78 is 7.17. The lowest BCUT2D eigenvalue weighted by Crippen LogP contribution is -2.07. The van der Waals surface area contributed by atoms with E-state index in [-0.39, 0.29) is 37.0 Å². The van der Waals surface area contributed by atoms with Crippen LogP contribution in [0.1, 0.15) is 10.4 Å². The van der Waals surface area contributed by atoms with E-state index < -0.39 is 5.97 Å². The minimum Gasteiger partial charge on any atom is -0.505 e. The number of rotatable bonds is 2. The van der Waals surface area contributed by atoms with Crippen LogP contribution >= 0.6 is 63.7 Å². The van der Waals surface area contributed by atoms with Gasteiger partial charge in [0.05, 0.1) is 10.0 Å². The molecule has 2 N–H and O–H groups in total. The Hall–Kier alpha value is -1.68. The minimum absolute atomic E-state index is 0.0753. The molecule has 0 saturated heterocycles. The number of hydrogen-bond donors (Lipinski definition) is 2. The number of phenols is 1. The maximum Gasteiger partial charge on any atom is 0.522 e. The maximum atomic E-state index is 12.4. The third kappa shape index (κ3) is 3.24. The average molecular weight is 648 g/mol. The van der Waals surface area contributed by atoms with E-state index in [1.165, 1.54) is 6.07 Å². The van der Waals surface area contributed by atoms with E-state index in [4.69, 9.17) is 4.42 Å². The predicted octanol–water partition coefficient (Wildman–Crippen LogP) is 7.02. The van der Waals surface area contributed by atoms with E-state index in [2.05, 4.69) is 63.7 Å². The Morgan fingerprint density at radius 1 is 0.966 bits per heavy atom. The molecule has 0 aromatic heterocycles. The van der Waals surface area contributed by atoms with Gasteiger partial charge in [-0.25, -0.2) is 4.79 Å². The number of hydrogen-bond acceptors (Lipinski definition) is 4. The van der Waals surface area contributed by atoms with Gasteiger partial charge in [0, 0.05) is 16.5 Å². The first-order chi connectivity index (χ1) is 13.7. The molecule has 0 unspecified atom stereocenters. The smallest absolute Gasteiger partial charge is 0.505 e. The van der Waals surface area contributed by atoms with Crippen molar-refractivity contribution in [2.45, 2.75) is 0 Å². The molecule has 1 aliphatic carbocycles. The molecular weight excluding hydrogens is 640 g/mol. The molecule has 0 fully saturated rings. The Kier molecular flexibility index (Phi) is 5.35. The largest absolute Gasteiger partial charge is 0.522 e. The number of halogens is 4. The summed E-state index contributed by atoms with van der Waals surface area (Å²) in [5.41, 5.74) is 1.61. The van der Waals surface area contributed by atoms with Crippen LogP contribution < -0.4 is 5.43 Å². The zero-order chi connectivity index (χ0) is 21.0. The van der Waals surface area contributed by atoms with Crippen molar-refractivity contribution in [3.63, 3.8) is 0 Å². The molecule has 2 aromatic rings. The molecule has 9 heteroatoms. The van der Waals surface area contributed by atoms with Crippen LogP contribution in [0.25, 0.3) is 33.4 Å². The normalized spacial score (nSPS) is 11.3. The molecule has 29 heavy (non-hydrogen) atoms. The van der Waals surface area contributed by atoms with Gasteiger partial charge in [-0.15, -0.1) is 0 Å². The van der Waals surface area contributed by atoms with Crippen LogP contribution in [-0.2, 0) is 0 Å². The van der Waals surface area contributed by atoms with Gasteiger partial charge in [0.15, 0.2) is 15.8 Å². The van der Waals surface area contributed by atoms with E-state index in [1.54, 1.807) is 30.3 Å². The van der Waals surface area contributed by atoms with Crippen LogP contribution in [-0.4, -0.2) is 16.2 Å². The van der Waals surface area contributed by atoms with Crippen molar-refractivity contribution in [1.82, 2.24) is 0 Å². The predicted molar refractivity (Wildman–Crippen MR) is 124 cm³/mol. The van der Waals surface area contributed by atoms with Crippen LogP contribution in [0, 0.1) is 0 Å². The first-order valence-corrected chi connectivity index (χ1v) is 11.2. The molecule has 0 atom stereocenters. The van der Waals surface area contributed by atoms with Gasteiger partial charge in [-0.3, -0.25) is 0 Å². The van der Waals surface area contributed by atoms with Crippen molar-refractivity contribution in [1.29, 1.82) is 0 Å². The fraction of sp³-hybridized carbons (Fsp3) is 0. The molecule has 0 spiro atoms. The molecule has 5 nitrogen and oxygen atoms in total. The number of aromatic hydroxyl groups is 1. The van der Waals surface area contributed by atoms with E-state index in [0.29, 0.717) is 31.0 Å². The third-order valence-corrected chi connectivity index (χ3v) is 7.10. The summed E-state index contributed by atoms with van der Waals surface area (Å²) in [6, 6.07) is 9.84. The first-order valence-electron chi connectivity index (χ1n) is 8.00. The maximum absolute atomic E-state index is 12.4. The summed E-state index contributed by atoms with van der Waals surface area (Å²) in [5.74, 6) is -0.921. The number of carboxylic acids is 1. The topological polar surface area (TPSA) is 90.6 Å². The van der Waals surface area contributed by atoms with Gasteiger partial charge in [-0.1, -0.05) is 18.2 Å². The molecule has 4 rings (SSSR count). The Labute approximate surface area is 197 Å². The van der Waals surface area contributed by atoms with Crippen LogP contribution in [0.4, 0.5) is 0 Å². The molecule has 0 bridgehead atoms. The lowest BCUT2D eigenvalue weighted by atomic mass is 9.91. The van der Waals surface area contributed by atoms with Crippen molar-refractivity contribution in [3.05, 3.63) is 70.1 Å². The number of fused-ring (bicyclic) bond motifs is 2. The highest BCUT2D eigenvalue weighted by molar-refractivity contribution is 9.11. The summed E-state index contributed by atoms with van der Waals surface area (Å²) in [7, 11) is 0. The van der Waals surface area contributed by atoms with Crippen molar-refractivity contribution >= 4 is 80.7 Å². The second kappa shape index (κ2) is 7.54. The molecule has 2 aliphatic rings. The van der Waals surface area contributed by atoms with Crippen molar-refractivity contribution in [3.8, 4) is 28.2 Å². The van der Waals surface area contributed by atoms with Crippen molar-refractivity contribution in [2.75, 3.05) is 0 Å². The first kappa shape index (κ1) is 20.6. The molecule has 2 aromatic carbocycles. The highest BCUT2D eigenvalue weighted by atomic mass is 79.9. The molecule has 145 valence electrons. The van der Waals surface area contributed by atoms with Gasteiger partial charge >= 0.3 is 11.4 Å². The van der Waals surface area contributed by atoms with Crippen LogP contribution in [0.15, 0.2) is 63.5 Å². The summed E-state index contributed by atoms with van der Waals surface area (Å²) in [6.45, 7) is 0. The minimum atomic E-state index is -1.09. The zero-order valence-electron chi connectivity index (χ0n) is 14.1. The number of aromatic carboxylic acids is 1. The molecule has 0 saturated carbocycles. The second-order valence-electron chi connectivity index (χ2n) is 6.10. The average Bonchev–Trinajstić information content (AvgIpc) is 2.69. The van der Waals surface area contributed by atoms with Gasteiger partial charge in [0.2, 0.25) is 4.79 Å². The lowest BCUT2D eigenvalue weighted by Gasteiger charge is -2.18. The summed E-state index contributed by atoms with van der Waals surface area (Å²) in [4.78, 5) is 24.3. The Bertz CT molecular complexity index is 1360. The molecule has 0 amide bonds. The van der Waals surface area contributed by atoms with Gasteiger partial charge in [-0.05, 0) is 87.5 Å². The summed E-state index contributed by atoms with van der Waals surface area (Å²) >= 11 is 13.2. The fourth-order valence-corrected chi connectivity index (χ4v) is 5.57. The molecule has 1 aliphatic heterocycles. The standard InChI is InChI=1S/C20H8Br4O5/c21-11-5-9-13(7-3-1-2-4-8(7)20(27)28)10-6-12(22)17(26)15(24)19(10)29-18(9)14(23)16(11)25/h1-6,25H,(H,27,28)/q+1. The number of phenolic OH excluding ortho intramolecular Hbond substituents is 1. The molecule has 1 heterocycles. The van der Waals surface area contributed by atoms with E-state index in [0.717, 1.165) is 0 Å². The van der Waals surface area contributed by atoms with E-state index in [1.807, 2.05) is 0 Å². The number of carbonyl (C=O) groups is 1. The molecule has 1 radical (unpaired) electrons. The number of benzene rings is 3. The van der Waals surface area contributed by atoms with Crippen LogP contribution in [0.3, 0.4) is 0 Å².